The number of nitrogens with zero attached hydrogens (tertiary/aromatic N) is 1. The zero-order valence-electron chi connectivity index (χ0n) is 4.55. The molecule has 0 radical (unpaired) electrons. The van der Waals surface area contributed by atoms with Crippen LogP contribution in [0.15, 0.2) is 0 Å². The van der Waals surface area contributed by atoms with Gasteiger partial charge in [-0.15, -0.1) is 6.54 Å². The van der Waals surface area contributed by atoms with E-state index in [-0.39, 0.29) is 0 Å². The number of hydrogen-bond donors (Lipinski definition) is 0. The maximum Gasteiger partial charge on any atom is 0.0243 e. The van der Waals surface area contributed by atoms with Gasteiger partial charge in [0.2, 0.25) is 0 Å². The first kappa shape index (κ1) is 5.06. The first-order valence-corrected chi connectivity index (χ1v) is 2.51. The summed E-state index contributed by atoms with van der Waals surface area (Å²) >= 11 is 0. The van der Waals surface area contributed by atoms with Crippen LogP contribution in [-0.2, 0) is 4.74 Å². The average Bonchev–Trinajstić information content (AvgIpc) is 1.69. The van der Waals surface area contributed by atoms with Crippen molar-refractivity contribution in [1.82, 2.24) is 4.90 Å². The Morgan fingerprint density at radius 3 is 2.86 bits per heavy atom. The van der Waals surface area contributed by atoms with Crippen LogP contribution in [-0.4, -0.2) is 31.6 Å². The van der Waals surface area contributed by atoms with Gasteiger partial charge in [0, 0.05) is 13.2 Å². The Kier molecular flexibility index (Phi) is 1.65. The average molecular weight is 100 g/mol. The molecule has 1 heterocycles. The van der Waals surface area contributed by atoms with Crippen molar-refractivity contribution in [2.24, 2.45) is 0 Å². The second-order valence-corrected chi connectivity index (χ2v) is 1.80. The van der Waals surface area contributed by atoms with Crippen LogP contribution in [0.1, 0.15) is 0 Å². The van der Waals surface area contributed by atoms with Crippen molar-refractivity contribution in [3.8, 4) is 0 Å². The van der Waals surface area contributed by atoms with Crippen molar-refractivity contribution in [1.29, 1.82) is 0 Å². The summed E-state index contributed by atoms with van der Waals surface area (Å²) in [6, 6.07) is 0. The monoisotopic (exact) mass is 100 g/mol. The van der Waals surface area contributed by atoms with Crippen molar-refractivity contribution >= 4 is 0 Å². The number of ether oxygens (including phenoxy) is 1. The Morgan fingerprint density at radius 2 is 2.57 bits per heavy atom. The fraction of sp³-hybridized carbons (Fsp3) is 0.800. The second kappa shape index (κ2) is 2.28. The number of rotatable bonds is 0. The quantitative estimate of drug-likeness (QED) is 0.401. The summed E-state index contributed by atoms with van der Waals surface area (Å²) in [5.41, 5.74) is 0. The fourth-order valence-corrected chi connectivity index (χ4v) is 0.563. The maximum atomic E-state index is 4.97. The Morgan fingerprint density at radius 1 is 1.71 bits per heavy atom. The van der Waals surface area contributed by atoms with Crippen LogP contribution in [0.2, 0.25) is 0 Å². The van der Waals surface area contributed by atoms with Crippen molar-refractivity contribution in [2.75, 3.05) is 26.7 Å². The summed E-state index contributed by atoms with van der Waals surface area (Å²) in [4.78, 5) is 2.21. The number of likely N-dealkylation sites (N-methyl/N-ethyl adjacent to an activating group) is 1. The van der Waals surface area contributed by atoms with Crippen molar-refractivity contribution in [3.63, 3.8) is 0 Å². The minimum absolute atomic E-state index is 0.858. The van der Waals surface area contributed by atoms with Crippen molar-refractivity contribution < 1.29 is 4.74 Å². The third kappa shape index (κ3) is 1.45. The zero-order valence-corrected chi connectivity index (χ0v) is 4.55. The van der Waals surface area contributed by atoms with Gasteiger partial charge in [-0.25, -0.2) is 0 Å². The molecule has 1 rings (SSSR count). The van der Waals surface area contributed by atoms with Gasteiger partial charge in [-0.1, -0.05) is 0 Å². The standard InChI is InChI=1S/C5H10NO/c1-6-2-4-7-5-3-6/h4H,2-3,5H2,1H3/q-1. The molecule has 42 valence electrons. The van der Waals surface area contributed by atoms with Crippen LogP contribution >= 0.6 is 0 Å². The highest BCUT2D eigenvalue weighted by Crippen LogP contribution is 1.94. The van der Waals surface area contributed by atoms with E-state index in [1.807, 2.05) is 6.61 Å². The van der Waals surface area contributed by atoms with Gasteiger partial charge in [-0.3, -0.25) is 0 Å². The molecule has 1 aliphatic rings. The molecular weight excluding hydrogens is 90.1 g/mol. The number of morpholine rings is 1. The summed E-state index contributed by atoms with van der Waals surface area (Å²) in [7, 11) is 2.08. The molecule has 2 heteroatoms. The Labute approximate surface area is 44.1 Å². The van der Waals surface area contributed by atoms with Gasteiger partial charge in [0.25, 0.3) is 0 Å². The summed E-state index contributed by atoms with van der Waals surface area (Å²) < 4.78 is 4.97. The van der Waals surface area contributed by atoms with Crippen molar-refractivity contribution in [2.45, 2.75) is 0 Å². The highest BCUT2D eigenvalue weighted by Gasteiger charge is 1.94. The molecule has 0 aromatic heterocycles. The lowest BCUT2D eigenvalue weighted by Gasteiger charge is -2.30. The van der Waals surface area contributed by atoms with Crippen LogP contribution in [0.25, 0.3) is 0 Å². The highest BCUT2D eigenvalue weighted by atomic mass is 16.5. The predicted octanol–water partition coefficient (Wildman–Crippen LogP) is 0.110. The molecule has 0 unspecified atom stereocenters. The van der Waals surface area contributed by atoms with E-state index >= 15 is 0 Å². The molecule has 0 aliphatic carbocycles. The molecule has 1 aliphatic heterocycles. The van der Waals surface area contributed by atoms with Crippen molar-refractivity contribution in [3.05, 3.63) is 6.61 Å². The lowest BCUT2D eigenvalue weighted by Crippen LogP contribution is -2.29. The second-order valence-electron chi connectivity index (χ2n) is 1.80. The molecule has 0 spiro atoms. The number of hydrogen-bond acceptors (Lipinski definition) is 2. The first-order valence-electron chi connectivity index (χ1n) is 2.51. The molecule has 0 aromatic carbocycles. The van der Waals surface area contributed by atoms with E-state index in [4.69, 9.17) is 4.74 Å². The van der Waals surface area contributed by atoms with Gasteiger partial charge in [-0.05, 0) is 7.05 Å². The van der Waals surface area contributed by atoms with E-state index in [1.165, 1.54) is 0 Å². The van der Waals surface area contributed by atoms with Crippen LogP contribution in [0, 0.1) is 6.61 Å². The lowest BCUT2D eigenvalue weighted by atomic mass is 10.5. The SMILES string of the molecule is CN1C[CH-]OCC1. The molecular formula is C5H10NO-. The van der Waals surface area contributed by atoms with Crippen LogP contribution in [0.3, 0.4) is 0 Å². The van der Waals surface area contributed by atoms with Gasteiger partial charge in [0.15, 0.2) is 0 Å². The van der Waals surface area contributed by atoms with E-state index in [1.54, 1.807) is 0 Å². The minimum Gasteiger partial charge on any atom is -0.550 e. The molecule has 0 N–H and O–H groups in total. The summed E-state index contributed by atoms with van der Waals surface area (Å²) in [5, 5.41) is 0. The van der Waals surface area contributed by atoms with Gasteiger partial charge in [0.05, 0.1) is 0 Å². The molecule has 1 saturated heterocycles. The smallest absolute Gasteiger partial charge is 0.0243 e. The first-order chi connectivity index (χ1) is 3.39. The fourth-order valence-electron chi connectivity index (χ4n) is 0.563. The molecule has 1 fully saturated rings. The lowest BCUT2D eigenvalue weighted by molar-refractivity contribution is 0.101. The van der Waals surface area contributed by atoms with Crippen LogP contribution in [0.5, 0.6) is 0 Å². The minimum atomic E-state index is 0.858. The van der Waals surface area contributed by atoms with E-state index in [9.17, 15) is 0 Å². The van der Waals surface area contributed by atoms with E-state index in [0.29, 0.717) is 0 Å². The van der Waals surface area contributed by atoms with E-state index in [2.05, 4.69) is 11.9 Å². The Hall–Kier alpha value is -0.0800. The van der Waals surface area contributed by atoms with Gasteiger partial charge < -0.3 is 9.64 Å². The molecule has 0 amide bonds. The third-order valence-electron chi connectivity index (χ3n) is 1.09. The normalized spacial score (nSPS) is 25.3. The maximum absolute atomic E-state index is 4.97. The molecule has 0 atom stereocenters. The van der Waals surface area contributed by atoms with Gasteiger partial charge in [0.1, 0.15) is 0 Å². The van der Waals surface area contributed by atoms with Gasteiger partial charge >= 0.3 is 0 Å². The van der Waals surface area contributed by atoms with E-state index < -0.39 is 0 Å². The van der Waals surface area contributed by atoms with E-state index in [0.717, 1.165) is 19.7 Å². The summed E-state index contributed by atoms with van der Waals surface area (Å²) in [6.07, 6.45) is 0. The van der Waals surface area contributed by atoms with Crippen LogP contribution in [0.4, 0.5) is 0 Å². The van der Waals surface area contributed by atoms with Crippen LogP contribution < -0.4 is 0 Å². The molecule has 2 nitrogen and oxygen atoms in total. The Bertz CT molecular complexity index is 50.0. The molecule has 0 saturated carbocycles. The zero-order chi connectivity index (χ0) is 5.11. The largest absolute Gasteiger partial charge is 0.550 e. The molecule has 0 aromatic rings. The highest BCUT2D eigenvalue weighted by molar-refractivity contribution is 4.63. The summed E-state index contributed by atoms with van der Waals surface area (Å²) in [5.74, 6) is 0. The molecule has 0 bridgehead atoms. The predicted molar refractivity (Wildman–Crippen MR) is 27.7 cm³/mol. The Balaban J connectivity index is 2.12. The third-order valence-corrected chi connectivity index (χ3v) is 1.09. The molecule has 7 heavy (non-hydrogen) atoms. The van der Waals surface area contributed by atoms with Gasteiger partial charge in [-0.2, -0.15) is 6.61 Å². The topological polar surface area (TPSA) is 12.5 Å². The summed E-state index contributed by atoms with van der Waals surface area (Å²) in [6.45, 7) is 4.73.